The van der Waals surface area contributed by atoms with Crippen molar-refractivity contribution in [2.24, 2.45) is 5.41 Å². The molecule has 0 aliphatic carbocycles. The molecular formula is C10H19O3P. The molecule has 0 amide bonds. The zero-order valence-electron chi connectivity index (χ0n) is 8.75. The highest BCUT2D eigenvalue weighted by Gasteiger charge is 2.49. The van der Waals surface area contributed by atoms with E-state index in [1.807, 2.05) is 0 Å². The van der Waals surface area contributed by atoms with E-state index in [1.54, 1.807) is 0 Å². The molecule has 4 heteroatoms. The van der Waals surface area contributed by atoms with Crippen LogP contribution in [-0.4, -0.2) is 32.0 Å². The molecule has 14 heavy (non-hydrogen) atoms. The standard InChI is InChI=1S/C10H19O3P/c1-9-6-11-10(12-7-9,13-8-9)4-2-3-5-14/h2-8,14H2,1H3. The smallest absolute Gasteiger partial charge is 0.282 e. The van der Waals surface area contributed by atoms with Gasteiger partial charge in [-0.3, -0.25) is 0 Å². The molecule has 3 aliphatic rings. The zero-order valence-corrected chi connectivity index (χ0v) is 9.91. The van der Waals surface area contributed by atoms with Crippen molar-refractivity contribution in [3.8, 4) is 0 Å². The second-order valence-electron chi connectivity index (χ2n) is 4.61. The van der Waals surface area contributed by atoms with Gasteiger partial charge in [0.25, 0.3) is 5.97 Å². The molecule has 1 atom stereocenters. The second kappa shape index (κ2) is 4.05. The molecule has 0 spiro atoms. The fourth-order valence-corrected chi connectivity index (χ4v) is 2.09. The van der Waals surface area contributed by atoms with Gasteiger partial charge in [0, 0.05) is 11.8 Å². The van der Waals surface area contributed by atoms with Crippen LogP contribution in [0.4, 0.5) is 0 Å². The van der Waals surface area contributed by atoms with Gasteiger partial charge in [-0.1, -0.05) is 6.92 Å². The Bertz CT molecular complexity index is 183. The molecule has 3 aliphatic heterocycles. The van der Waals surface area contributed by atoms with Gasteiger partial charge in [0.05, 0.1) is 19.8 Å². The van der Waals surface area contributed by atoms with Gasteiger partial charge in [-0.2, -0.15) is 0 Å². The van der Waals surface area contributed by atoms with Crippen molar-refractivity contribution in [3.63, 3.8) is 0 Å². The average Bonchev–Trinajstić information content (AvgIpc) is 2.21. The van der Waals surface area contributed by atoms with Crippen molar-refractivity contribution in [2.75, 3.05) is 26.0 Å². The summed E-state index contributed by atoms with van der Waals surface area (Å²) in [5.41, 5.74) is 0.0857. The van der Waals surface area contributed by atoms with Crippen molar-refractivity contribution >= 4 is 9.24 Å². The van der Waals surface area contributed by atoms with Gasteiger partial charge >= 0.3 is 0 Å². The Hall–Kier alpha value is 0.310. The fraction of sp³-hybridized carbons (Fsp3) is 1.00. The van der Waals surface area contributed by atoms with Gasteiger partial charge in [-0.05, 0) is 19.0 Å². The van der Waals surface area contributed by atoms with Crippen LogP contribution in [0.25, 0.3) is 0 Å². The summed E-state index contributed by atoms with van der Waals surface area (Å²) < 4.78 is 17.0. The molecule has 0 N–H and O–H groups in total. The number of hydrogen-bond donors (Lipinski definition) is 0. The van der Waals surface area contributed by atoms with Crippen LogP contribution in [0.2, 0.25) is 0 Å². The van der Waals surface area contributed by atoms with Crippen LogP contribution in [-0.2, 0) is 14.2 Å². The molecular weight excluding hydrogens is 199 g/mol. The van der Waals surface area contributed by atoms with Gasteiger partial charge in [-0.25, -0.2) is 0 Å². The maximum absolute atomic E-state index is 5.66. The van der Waals surface area contributed by atoms with Crippen molar-refractivity contribution in [2.45, 2.75) is 32.2 Å². The molecule has 0 radical (unpaired) electrons. The van der Waals surface area contributed by atoms with E-state index in [1.165, 1.54) is 6.42 Å². The van der Waals surface area contributed by atoms with E-state index in [0.29, 0.717) is 0 Å². The van der Waals surface area contributed by atoms with Crippen molar-refractivity contribution in [3.05, 3.63) is 0 Å². The van der Waals surface area contributed by atoms with E-state index in [0.717, 1.165) is 38.8 Å². The summed E-state index contributed by atoms with van der Waals surface area (Å²) >= 11 is 0. The van der Waals surface area contributed by atoms with Gasteiger partial charge in [0.15, 0.2) is 0 Å². The molecule has 3 nitrogen and oxygen atoms in total. The summed E-state index contributed by atoms with van der Waals surface area (Å²) in [6.45, 7) is 4.45. The van der Waals surface area contributed by atoms with Gasteiger partial charge < -0.3 is 14.2 Å². The van der Waals surface area contributed by atoms with Gasteiger partial charge in [0.2, 0.25) is 0 Å². The van der Waals surface area contributed by atoms with Crippen LogP contribution in [0.3, 0.4) is 0 Å². The lowest BCUT2D eigenvalue weighted by Crippen LogP contribution is -2.58. The molecule has 3 fully saturated rings. The van der Waals surface area contributed by atoms with Crippen molar-refractivity contribution in [1.82, 2.24) is 0 Å². The highest BCUT2D eigenvalue weighted by Crippen LogP contribution is 2.40. The van der Waals surface area contributed by atoms with Crippen LogP contribution in [0.15, 0.2) is 0 Å². The molecule has 0 saturated carbocycles. The summed E-state index contributed by atoms with van der Waals surface area (Å²) in [7, 11) is 2.73. The first-order valence-corrected chi connectivity index (χ1v) is 6.12. The minimum atomic E-state index is -0.697. The van der Waals surface area contributed by atoms with Crippen LogP contribution >= 0.6 is 9.24 Å². The Kier molecular flexibility index (Phi) is 3.13. The number of rotatable bonds is 4. The van der Waals surface area contributed by atoms with Crippen LogP contribution < -0.4 is 0 Å². The minimum Gasteiger partial charge on any atom is -0.327 e. The van der Waals surface area contributed by atoms with Crippen LogP contribution in [0.5, 0.6) is 0 Å². The maximum atomic E-state index is 5.66. The van der Waals surface area contributed by atoms with Gasteiger partial charge in [-0.15, -0.1) is 9.24 Å². The lowest BCUT2D eigenvalue weighted by atomic mass is 9.91. The third-order valence-corrected chi connectivity index (χ3v) is 3.27. The topological polar surface area (TPSA) is 27.7 Å². The summed E-state index contributed by atoms with van der Waals surface area (Å²) in [6, 6.07) is 0. The number of fused-ring (bicyclic) bond motifs is 3. The highest BCUT2D eigenvalue weighted by molar-refractivity contribution is 7.16. The first-order chi connectivity index (χ1) is 6.68. The maximum Gasteiger partial charge on any atom is 0.282 e. The predicted molar refractivity (Wildman–Crippen MR) is 57.1 cm³/mol. The van der Waals surface area contributed by atoms with Crippen LogP contribution in [0.1, 0.15) is 26.2 Å². The van der Waals surface area contributed by atoms with Crippen molar-refractivity contribution < 1.29 is 14.2 Å². The Morgan fingerprint density at radius 3 is 2.14 bits per heavy atom. The zero-order chi connectivity index (χ0) is 10.1. The second-order valence-corrected chi connectivity index (χ2v) is 5.18. The van der Waals surface area contributed by atoms with E-state index in [2.05, 4.69) is 16.2 Å². The Labute approximate surface area is 87.7 Å². The van der Waals surface area contributed by atoms with Crippen LogP contribution in [0, 0.1) is 5.41 Å². The molecule has 2 bridgehead atoms. The summed E-state index contributed by atoms with van der Waals surface area (Å²) in [6.07, 6.45) is 4.27. The molecule has 3 saturated heterocycles. The van der Waals surface area contributed by atoms with E-state index in [-0.39, 0.29) is 5.41 Å². The third-order valence-electron chi connectivity index (χ3n) is 2.86. The molecule has 0 aromatic carbocycles. The lowest BCUT2D eigenvalue weighted by molar-refractivity contribution is -0.467. The van der Waals surface area contributed by atoms with Gasteiger partial charge in [0.1, 0.15) is 0 Å². The van der Waals surface area contributed by atoms with E-state index < -0.39 is 5.97 Å². The molecule has 0 aromatic heterocycles. The molecule has 82 valence electrons. The Morgan fingerprint density at radius 1 is 1.07 bits per heavy atom. The van der Waals surface area contributed by atoms with Crippen molar-refractivity contribution in [1.29, 1.82) is 0 Å². The number of unbranched alkanes of at least 4 members (excludes halogenated alkanes) is 1. The van der Waals surface area contributed by atoms with E-state index in [4.69, 9.17) is 14.2 Å². The summed E-state index contributed by atoms with van der Waals surface area (Å²) in [5.74, 6) is -0.697. The lowest BCUT2D eigenvalue weighted by Gasteiger charge is -2.50. The SMILES string of the molecule is CC12COC(CCCCP)(OC1)OC2. The predicted octanol–water partition coefficient (Wildman–Crippen LogP) is 1.77. The largest absolute Gasteiger partial charge is 0.327 e. The van der Waals surface area contributed by atoms with E-state index in [9.17, 15) is 0 Å². The molecule has 3 heterocycles. The monoisotopic (exact) mass is 218 g/mol. The first kappa shape index (κ1) is 10.8. The van der Waals surface area contributed by atoms with E-state index >= 15 is 0 Å². The molecule has 3 rings (SSSR count). The Balaban J connectivity index is 1.85. The fourth-order valence-electron chi connectivity index (χ4n) is 1.80. The minimum absolute atomic E-state index is 0.0857. The highest BCUT2D eigenvalue weighted by atomic mass is 31.0. The summed E-state index contributed by atoms with van der Waals surface area (Å²) in [5, 5.41) is 0. The molecule has 1 unspecified atom stereocenters. The normalized spacial score (nSPS) is 41.6. The number of hydrogen-bond acceptors (Lipinski definition) is 3. The first-order valence-electron chi connectivity index (χ1n) is 5.30. The summed E-state index contributed by atoms with van der Waals surface area (Å²) in [4.78, 5) is 0. The average molecular weight is 218 g/mol. The third kappa shape index (κ3) is 2.11. The Morgan fingerprint density at radius 2 is 1.64 bits per heavy atom. The quantitative estimate of drug-likeness (QED) is 0.531. The molecule has 0 aromatic rings. The number of ether oxygens (including phenoxy) is 3.